The van der Waals surface area contributed by atoms with Crippen molar-refractivity contribution in [3.05, 3.63) is 60.2 Å². The molecule has 190 valence electrons. The first-order valence-electron chi connectivity index (χ1n) is 13.0. The fourth-order valence-corrected chi connectivity index (χ4v) is 6.64. The van der Waals surface area contributed by atoms with Gasteiger partial charge in [0.15, 0.2) is 0 Å². The molecular weight excluding hydrogens is 459 g/mol. The van der Waals surface area contributed by atoms with Crippen molar-refractivity contribution in [1.82, 2.24) is 10.3 Å². The summed E-state index contributed by atoms with van der Waals surface area (Å²) in [6.45, 7) is 4.15. The van der Waals surface area contributed by atoms with Crippen LogP contribution in [0.3, 0.4) is 0 Å². The van der Waals surface area contributed by atoms with E-state index in [1.807, 2.05) is 31.2 Å². The molecule has 36 heavy (non-hydrogen) atoms. The fraction of sp³-hybridized carbons (Fsp3) is 0.483. The summed E-state index contributed by atoms with van der Waals surface area (Å²) >= 11 is 0. The monoisotopic (exact) mass is 492 g/mol. The molecule has 1 aromatic heterocycles. The zero-order valence-electron chi connectivity index (χ0n) is 20.7. The lowest BCUT2D eigenvalue weighted by Crippen LogP contribution is -2.48. The van der Waals surface area contributed by atoms with Crippen molar-refractivity contribution < 1.29 is 23.5 Å². The van der Waals surface area contributed by atoms with Crippen LogP contribution in [0, 0.1) is 35.4 Å². The van der Waals surface area contributed by atoms with Crippen molar-refractivity contribution in [2.75, 3.05) is 6.61 Å². The van der Waals surface area contributed by atoms with Gasteiger partial charge in [-0.25, -0.2) is 9.18 Å². The molecule has 2 saturated carbocycles. The van der Waals surface area contributed by atoms with Gasteiger partial charge in [0.2, 0.25) is 0 Å². The number of nitrogens with one attached hydrogen (secondary N) is 1. The van der Waals surface area contributed by atoms with Crippen LogP contribution in [0.1, 0.15) is 45.2 Å². The van der Waals surface area contributed by atoms with E-state index in [0.717, 1.165) is 42.5 Å². The Morgan fingerprint density at radius 2 is 2.08 bits per heavy atom. The molecule has 2 heterocycles. The second kappa shape index (κ2) is 10.4. The third-order valence-corrected chi connectivity index (χ3v) is 8.18. The molecule has 0 spiro atoms. The molecule has 1 aliphatic heterocycles. The lowest BCUT2D eigenvalue weighted by atomic mass is 9.57. The second-order valence-electron chi connectivity index (χ2n) is 10.3. The number of hydrogen-bond acceptors (Lipinski definition) is 5. The van der Waals surface area contributed by atoms with Gasteiger partial charge in [0.25, 0.3) is 0 Å². The highest BCUT2D eigenvalue weighted by molar-refractivity contribution is 5.75. The highest BCUT2D eigenvalue weighted by atomic mass is 19.1. The number of halogens is 1. The average Bonchev–Trinajstić information content (AvgIpc) is 3.15. The van der Waals surface area contributed by atoms with Gasteiger partial charge < -0.3 is 14.8 Å². The predicted octanol–water partition coefficient (Wildman–Crippen LogP) is 5.63. The van der Waals surface area contributed by atoms with Crippen molar-refractivity contribution in [2.24, 2.45) is 29.6 Å². The second-order valence-corrected chi connectivity index (χ2v) is 10.3. The van der Waals surface area contributed by atoms with E-state index >= 15 is 0 Å². The van der Waals surface area contributed by atoms with E-state index in [1.165, 1.54) is 12.1 Å². The molecule has 0 bridgehead atoms. The van der Waals surface area contributed by atoms with Crippen LogP contribution in [0.25, 0.3) is 17.2 Å². The zero-order valence-corrected chi connectivity index (χ0v) is 20.7. The molecule has 2 aliphatic carbocycles. The quantitative estimate of drug-likeness (QED) is 0.548. The van der Waals surface area contributed by atoms with E-state index in [4.69, 9.17) is 9.47 Å². The molecule has 0 radical (unpaired) electrons. The Hall–Kier alpha value is -3.22. The number of ether oxygens (including phenoxy) is 2. The highest BCUT2D eigenvalue weighted by Crippen LogP contribution is 2.53. The van der Waals surface area contributed by atoms with Gasteiger partial charge in [0.05, 0.1) is 18.2 Å². The Morgan fingerprint density at radius 1 is 1.22 bits per heavy atom. The minimum absolute atomic E-state index is 0.0679. The van der Waals surface area contributed by atoms with Crippen LogP contribution in [0.4, 0.5) is 9.18 Å². The molecule has 0 unspecified atom stereocenters. The summed E-state index contributed by atoms with van der Waals surface area (Å²) in [6.07, 6.45) is 9.07. The van der Waals surface area contributed by atoms with Crippen LogP contribution < -0.4 is 5.32 Å². The number of carbonyl (C=O) groups is 2. The number of alkyl carbamates (subject to hydrolysis) is 1. The number of pyridine rings is 1. The van der Waals surface area contributed by atoms with Gasteiger partial charge in [0, 0.05) is 23.7 Å². The maximum Gasteiger partial charge on any atom is 0.407 e. The van der Waals surface area contributed by atoms with Crippen molar-refractivity contribution >= 4 is 18.1 Å². The average molecular weight is 493 g/mol. The van der Waals surface area contributed by atoms with Gasteiger partial charge in [-0.15, -0.1) is 0 Å². The molecule has 1 aromatic carbocycles. The van der Waals surface area contributed by atoms with Crippen LogP contribution >= 0.6 is 0 Å². The normalized spacial score (nSPS) is 31.4. The van der Waals surface area contributed by atoms with Crippen LogP contribution in [-0.4, -0.2) is 35.8 Å². The topological polar surface area (TPSA) is 77.5 Å². The summed E-state index contributed by atoms with van der Waals surface area (Å²) < 4.78 is 24.3. The molecular formula is C29H33FN2O4. The van der Waals surface area contributed by atoms with E-state index in [0.29, 0.717) is 18.4 Å². The van der Waals surface area contributed by atoms with Crippen molar-refractivity contribution in [3.63, 3.8) is 0 Å². The summed E-state index contributed by atoms with van der Waals surface area (Å²) in [5, 5.41) is 3.00. The van der Waals surface area contributed by atoms with Gasteiger partial charge in [-0.3, -0.25) is 9.78 Å². The van der Waals surface area contributed by atoms with E-state index in [-0.39, 0.29) is 47.8 Å². The largest absolute Gasteiger partial charge is 0.462 e. The van der Waals surface area contributed by atoms with Crippen LogP contribution in [0.2, 0.25) is 0 Å². The molecule has 1 N–H and O–H groups in total. The summed E-state index contributed by atoms with van der Waals surface area (Å²) in [6, 6.07) is 10.4. The van der Waals surface area contributed by atoms with E-state index in [9.17, 15) is 14.0 Å². The molecule has 3 fully saturated rings. The van der Waals surface area contributed by atoms with Gasteiger partial charge in [-0.05, 0) is 87.1 Å². The summed E-state index contributed by atoms with van der Waals surface area (Å²) in [7, 11) is 0. The SMILES string of the molecule is CCOC(=O)N[C@H]1CC[C@H]2[C@@H](C1)C[C@@H]1C(=O)O[C@H](C)[C@H]1[C@H]2/C=C/c1ccc(-c2cccc(F)c2)cn1. The number of benzene rings is 1. The lowest BCUT2D eigenvalue weighted by molar-refractivity contribution is -0.144. The lowest BCUT2D eigenvalue weighted by Gasteiger charge is -2.47. The molecule has 7 atom stereocenters. The van der Waals surface area contributed by atoms with Crippen molar-refractivity contribution in [1.29, 1.82) is 0 Å². The number of hydrogen-bond donors (Lipinski definition) is 1. The third kappa shape index (κ3) is 5.01. The molecule has 7 heteroatoms. The Morgan fingerprint density at radius 3 is 2.83 bits per heavy atom. The highest BCUT2D eigenvalue weighted by Gasteiger charge is 2.54. The first-order valence-corrected chi connectivity index (χ1v) is 13.0. The van der Waals surface area contributed by atoms with Gasteiger partial charge in [0.1, 0.15) is 11.9 Å². The maximum absolute atomic E-state index is 13.6. The Balaban J connectivity index is 1.34. The smallest absolute Gasteiger partial charge is 0.407 e. The van der Waals surface area contributed by atoms with E-state index in [2.05, 4.69) is 16.4 Å². The Kier molecular flexibility index (Phi) is 7.08. The number of cyclic esters (lactones) is 1. The van der Waals surface area contributed by atoms with Gasteiger partial charge in [-0.2, -0.15) is 0 Å². The minimum Gasteiger partial charge on any atom is -0.462 e. The van der Waals surface area contributed by atoms with Gasteiger partial charge >= 0.3 is 12.1 Å². The Labute approximate surface area is 211 Å². The fourth-order valence-electron chi connectivity index (χ4n) is 6.64. The number of amides is 1. The summed E-state index contributed by atoms with van der Waals surface area (Å²) in [5.41, 5.74) is 2.48. The molecule has 2 aromatic rings. The van der Waals surface area contributed by atoms with Crippen molar-refractivity contribution in [3.8, 4) is 11.1 Å². The standard InChI is InChI=1S/C29H33FN2O4/c1-3-35-29(34)32-23-10-11-24-20(14-23)15-26-27(17(2)36-28(26)33)25(24)12-9-22-8-7-19(16-31-22)18-5-4-6-21(30)13-18/h4-9,12-13,16-17,20,23-27H,3,10-11,14-15H2,1-2H3,(H,32,34)/b12-9+/t17-,20+,23+,24+,25+,26+,27+/m1/s1. The number of nitrogens with zero attached hydrogens (tertiary/aromatic N) is 1. The number of aromatic nitrogens is 1. The van der Waals surface area contributed by atoms with Crippen LogP contribution in [-0.2, 0) is 14.3 Å². The Bertz CT molecular complexity index is 1130. The number of allylic oxidation sites excluding steroid dienone is 1. The van der Waals surface area contributed by atoms with Crippen molar-refractivity contribution in [2.45, 2.75) is 51.7 Å². The minimum atomic E-state index is -0.368. The first-order chi connectivity index (χ1) is 17.4. The summed E-state index contributed by atoms with van der Waals surface area (Å²) in [4.78, 5) is 29.2. The number of carbonyl (C=O) groups excluding carboxylic acids is 2. The number of rotatable bonds is 5. The van der Waals surface area contributed by atoms with E-state index < -0.39 is 0 Å². The van der Waals surface area contributed by atoms with E-state index in [1.54, 1.807) is 19.2 Å². The molecule has 1 saturated heterocycles. The predicted molar refractivity (Wildman–Crippen MR) is 134 cm³/mol. The third-order valence-electron chi connectivity index (χ3n) is 8.18. The van der Waals surface area contributed by atoms with Crippen LogP contribution in [0.5, 0.6) is 0 Å². The molecule has 1 amide bonds. The molecule has 6 nitrogen and oxygen atoms in total. The molecule has 3 aliphatic rings. The number of esters is 1. The van der Waals surface area contributed by atoms with Gasteiger partial charge in [-0.1, -0.05) is 24.3 Å². The van der Waals surface area contributed by atoms with Crippen LogP contribution in [0.15, 0.2) is 48.7 Å². The number of fused-ring (bicyclic) bond motifs is 2. The zero-order chi connectivity index (χ0) is 25.2. The first kappa shape index (κ1) is 24.5. The maximum atomic E-state index is 13.6. The molecule has 5 rings (SSSR count). The summed E-state index contributed by atoms with van der Waals surface area (Å²) in [5.74, 6) is 0.629.